The second-order valence-electron chi connectivity index (χ2n) is 6.80. The maximum Gasteiger partial charge on any atom is 0.230 e. The standard InChI is InChI=1S/C21H28N2O2/c1-3-18(21(24)22(2)17-11-12-17)19-9-4-5-10-20(19)25-16-8-15-23-13-6-7-14-23/h4-7,9-10,13-14,17-18H,3,8,11-12,15-16H2,1-2H3. The van der Waals surface area contributed by atoms with Crippen LogP contribution in [0, 0.1) is 0 Å². The Kier molecular flexibility index (Phi) is 5.79. The third-order valence-corrected chi connectivity index (χ3v) is 4.93. The number of rotatable bonds is 9. The van der Waals surface area contributed by atoms with E-state index in [1.54, 1.807) is 0 Å². The number of aryl methyl sites for hydroxylation is 1. The first-order valence-electron chi connectivity index (χ1n) is 9.30. The molecule has 2 aromatic rings. The second-order valence-corrected chi connectivity index (χ2v) is 6.80. The summed E-state index contributed by atoms with van der Waals surface area (Å²) in [5.74, 6) is 0.944. The van der Waals surface area contributed by atoms with Gasteiger partial charge < -0.3 is 14.2 Å². The first kappa shape index (κ1) is 17.6. The molecule has 0 radical (unpaired) electrons. The van der Waals surface area contributed by atoms with Gasteiger partial charge in [-0.2, -0.15) is 0 Å². The molecule has 1 aromatic heterocycles. The lowest BCUT2D eigenvalue weighted by Crippen LogP contribution is -2.33. The molecule has 0 aliphatic heterocycles. The van der Waals surface area contributed by atoms with Crippen LogP contribution in [0.2, 0.25) is 0 Å². The number of aromatic nitrogens is 1. The minimum Gasteiger partial charge on any atom is -0.493 e. The summed E-state index contributed by atoms with van der Waals surface area (Å²) in [5.41, 5.74) is 1.02. The van der Waals surface area contributed by atoms with Crippen LogP contribution >= 0.6 is 0 Å². The van der Waals surface area contributed by atoms with Crippen molar-refractivity contribution in [1.29, 1.82) is 0 Å². The van der Waals surface area contributed by atoms with Crippen LogP contribution in [0.4, 0.5) is 0 Å². The summed E-state index contributed by atoms with van der Waals surface area (Å²) < 4.78 is 8.19. The van der Waals surface area contributed by atoms with Crippen LogP contribution in [0.25, 0.3) is 0 Å². The second kappa shape index (κ2) is 8.24. The van der Waals surface area contributed by atoms with Gasteiger partial charge in [0.1, 0.15) is 5.75 Å². The zero-order valence-corrected chi connectivity index (χ0v) is 15.2. The Morgan fingerprint density at radius 2 is 1.96 bits per heavy atom. The van der Waals surface area contributed by atoms with Crippen molar-refractivity contribution in [2.24, 2.45) is 0 Å². The van der Waals surface area contributed by atoms with Gasteiger partial charge in [0.05, 0.1) is 12.5 Å². The van der Waals surface area contributed by atoms with Crippen molar-refractivity contribution in [3.63, 3.8) is 0 Å². The average molecular weight is 340 g/mol. The number of ether oxygens (including phenoxy) is 1. The van der Waals surface area contributed by atoms with Gasteiger partial charge in [-0.05, 0) is 43.9 Å². The Morgan fingerprint density at radius 3 is 2.64 bits per heavy atom. The number of hydrogen-bond donors (Lipinski definition) is 0. The molecule has 0 N–H and O–H groups in total. The minimum absolute atomic E-state index is 0.119. The number of para-hydroxylation sites is 1. The molecule has 1 saturated carbocycles. The molecule has 1 aliphatic rings. The van der Waals surface area contributed by atoms with Gasteiger partial charge in [-0.3, -0.25) is 4.79 Å². The van der Waals surface area contributed by atoms with Crippen LogP contribution in [-0.4, -0.2) is 35.1 Å². The van der Waals surface area contributed by atoms with Gasteiger partial charge in [0.15, 0.2) is 0 Å². The maximum absolute atomic E-state index is 12.9. The minimum atomic E-state index is -0.119. The van der Waals surface area contributed by atoms with Gasteiger partial charge in [-0.1, -0.05) is 25.1 Å². The van der Waals surface area contributed by atoms with E-state index in [1.807, 2.05) is 48.3 Å². The molecule has 1 atom stereocenters. The summed E-state index contributed by atoms with van der Waals surface area (Å²) in [7, 11) is 1.93. The molecule has 0 spiro atoms. The topological polar surface area (TPSA) is 34.5 Å². The highest BCUT2D eigenvalue weighted by atomic mass is 16.5. The van der Waals surface area contributed by atoms with Crippen LogP contribution < -0.4 is 4.74 Å². The van der Waals surface area contributed by atoms with Crippen LogP contribution in [0.1, 0.15) is 44.1 Å². The predicted octanol–water partition coefficient (Wildman–Crippen LogP) is 4.07. The molecule has 25 heavy (non-hydrogen) atoms. The summed E-state index contributed by atoms with van der Waals surface area (Å²) in [6, 6.07) is 12.5. The van der Waals surface area contributed by atoms with E-state index in [2.05, 4.69) is 23.9 Å². The van der Waals surface area contributed by atoms with E-state index in [0.29, 0.717) is 12.6 Å². The van der Waals surface area contributed by atoms with Crippen molar-refractivity contribution in [2.75, 3.05) is 13.7 Å². The average Bonchev–Trinajstić information content (AvgIpc) is 3.36. The van der Waals surface area contributed by atoms with Gasteiger partial charge in [-0.15, -0.1) is 0 Å². The Balaban J connectivity index is 1.63. The number of carbonyl (C=O) groups excluding carboxylic acids is 1. The third-order valence-electron chi connectivity index (χ3n) is 4.93. The van der Waals surface area contributed by atoms with E-state index in [0.717, 1.165) is 43.5 Å². The zero-order valence-electron chi connectivity index (χ0n) is 15.2. The van der Waals surface area contributed by atoms with Gasteiger partial charge in [0, 0.05) is 37.6 Å². The predicted molar refractivity (Wildman–Crippen MR) is 99.8 cm³/mol. The Bertz CT molecular complexity index is 677. The fourth-order valence-corrected chi connectivity index (χ4v) is 3.26. The van der Waals surface area contributed by atoms with Crippen molar-refractivity contribution in [3.8, 4) is 5.75 Å². The first-order chi connectivity index (χ1) is 12.2. The molecule has 0 bridgehead atoms. The Morgan fingerprint density at radius 1 is 1.24 bits per heavy atom. The molecule has 1 heterocycles. The van der Waals surface area contributed by atoms with Gasteiger partial charge in [-0.25, -0.2) is 0 Å². The molecular formula is C21H28N2O2. The zero-order chi connectivity index (χ0) is 17.6. The molecule has 1 aliphatic carbocycles. The number of carbonyl (C=O) groups is 1. The lowest BCUT2D eigenvalue weighted by atomic mass is 9.94. The van der Waals surface area contributed by atoms with E-state index in [-0.39, 0.29) is 11.8 Å². The summed E-state index contributed by atoms with van der Waals surface area (Å²) >= 11 is 0. The van der Waals surface area contributed by atoms with Crippen LogP contribution in [0.15, 0.2) is 48.8 Å². The molecule has 1 aromatic carbocycles. The molecule has 3 rings (SSSR count). The third kappa shape index (κ3) is 4.44. The molecule has 4 nitrogen and oxygen atoms in total. The molecule has 1 fully saturated rings. The van der Waals surface area contributed by atoms with Gasteiger partial charge in [0.25, 0.3) is 0 Å². The molecule has 1 amide bonds. The number of amides is 1. The van der Waals surface area contributed by atoms with Gasteiger partial charge >= 0.3 is 0 Å². The van der Waals surface area contributed by atoms with E-state index >= 15 is 0 Å². The quantitative estimate of drug-likeness (QED) is 0.645. The van der Waals surface area contributed by atoms with Crippen molar-refractivity contribution >= 4 is 5.91 Å². The van der Waals surface area contributed by atoms with E-state index < -0.39 is 0 Å². The fraction of sp³-hybridized carbons (Fsp3) is 0.476. The molecule has 1 unspecified atom stereocenters. The van der Waals surface area contributed by atoms with E-state index in [4.69, 9.17) is 4.74 Å². The highest BCUT2D eigenvalue weighted by Crippen LogP contribution is 2.34. The van der Waals surface area contributed by atoms with Crippen LogP contribution in [0.3, 0.4) is 0 Å². The van der Waals surface area contributed by atoms with E-state index in [1.165, 1.54) is 0 Å². The molecule has 4 heteroatoms. The van der Waals surface area contributed by atoms with Crippen molar-refractivity contribution < 1.29 is 9.53 Å². The number of likely N-dealkylation sites (N-methyl/N-ethyl adjacent to an activating group) is 1. The highest BCUT2D eigenvalue weighted by molar-refractivity contribution is 5.84. The smallest absolute Gasteiger partial charge is 0.230 e. The largest absolute Gasteiger partial charge is 0.493 e. The summed E-state index contributed by atoms with van der Waals surface area (Å²) in [6.07, 6.45) is 8.13. The monoisotopic (exact) mass is 340 g/mol. The van der Waals surface area contributed by atoms with E-state index in [9.17, 15) is 4.79 Å². The highest BCUT2D eigenvalue weighted by Gasteiger charge is 2.34. The molecular weight excluding hydrogens is 312 g/mol. The Hall–Kier alpha value is -2.23. The van der Waals surface area contributed by atoms with Gasteiger partial charge in [0.2, 0.25) is 5.91 Å². The van der Waals surface area contributed by atoms with Crippen LogP contribution in [0.5, 0.6) is 5.75 Å². The summed E-state index contributed by atoms with van der Waals surface area (Å²) in [6.45, 7) is 3.67. The number of hydrogen-bond acceptors (Lipinski definition) is 2. The molecule has 0 saturated heterocycles. The Labute approximate surface area is 150 Å². The number of benzene rings is 1. The lowest BCUT2D eigenvalue weighted by molar-refractivity contribution is -0.132. The first-order valence-corrected chi connectivity index (χ1v) is 9.30. The SMILES string of the molecule is CCC(C(=O)N(C)C1CC1)c1ccccc1OCCCn1cccc1. The van der Waals surface area contributed by atoms with Crippen molar-refractivity contribution in [2.45, 2.75) is 51.1 Å². The maximum atomic E-state index is 12.9. The lowest BCUT2D eigenvalue weighted by Gasteiger charge is -2.24. The summed E-state index contributed by atoms with van der Waals surface area (Å²) in [5, 5.41) is 0. The van der Waals surface area contributed by atoms with Crippen molar-refractivity contribution in [3.05, 3.63) is 54.4 Å². The fourth-order valence-electron chi connectivity index (χ4n) is 3.26. The number of nitrogens with zero attached hydrogens (tertiary/aromatic N) is 2. The summed E-state index contributed by atoms with van der Waals surface area (Å²) in [4.78, 5) is 14.8. The molecule has 134 valence electrons. The van der Waals surface area contributed by atoms with Crippen LogP contribution in [-0.2, 0) is 11.3 Å². The van der Waals surface area contributed by atoms with Crippen molar-refractivity contribution in [1.82, 2.24) is 9.47 Å². The normalized spacial score (nSPS) is 15.0.